The van der Waals surface area contributed by atoms with Crippen molar-refractivity contribution in [3.63, 3.8) is 0 Å². The predicted octanol–water partition coefficient (Wildman–Crippen LogP) is 22.0. The van der Waals surface area contributed by atoms with Crippen LogP contribution in [-0.4, -0.2) is 37.2 Å². The maximum atomic E-state index is 12.9. The third-order valence-corrected chi connectivity index (χ3v) is 15.2. The SMILES string of the molecule is CCCCCCCCCCCCCCCCCCCCC(=O)O[C@H](COC(=O)CCCCCCCCCCCCCCCCCCC(C)C)COC(=O)CCCCCCCCCCCCCCCCC(C)C. The molecule has 0 spiro atoms. The van der Waals surface area contributed by atoms with E-state index in [-0.39, 0.29) is 31.1 Å². The van der Waals surface area contributed by atoms with Gasteiger partial charge in [-0.2, -0.15) is 0 Å². The van der Waals surface area contributed by atoms with E-state index in [2.05, 4.69) is 34.6 Å². The van der Waals surface area contributed by atoms with Gasteiger partial charge < -0.3 is 14.2 Å². The molecule has 428 valence electrons. The lowest BCUT2D eigenvalue weighted by Gasteiger charge is -2.18. The fraction of sp³-hybridized carbons (Fsp3) is 0.955. The number of hydrogen-bond acceptors (Lipinski definition) is 6. The molecule has 0 aromatic rings. The van der Waals surface area contributed by atoms with Gasteiger partial charge >= 0.3 is 17.9 Å². The Balaban J connectivity index is 4.29. The molecule has 0 saturated heterocycles. The lowest BCUT2D eigenvalue weighted by molar-refractivity contribution is -0.167. The van der Waals surface area contributed by atoms with Gasteiger partial charge in [-0.05, 0) is 31.1 Å². The highest BCUT2D eigenvalue weighted by Gasteiger charge is 2.19. The molecule has 0 aliphatic carbocycles. The largest absolute Gasteiger partial charge is 0.462 e. The van der Waals surface area contributed by atoms with Gasteiger partial charge in [0, 0.05) is 19.3 Å². The summed E-state index contributed by atoms with van der Waals surface area (Å²) in [6.07, 6.45) is 65.3. The number of carbonyl (C=O) groups is 3. The van der Waals surface area contributed by atoms with Gasteiger partial charge in [0.2, 0.25) is 0 Å². The molecule has 72 heavy (non-hydrogen) atoms. The molecule has 0 N–H and O–H groups in total. The van der Waals surface area contributed by atoms with Crippen molar-refractivity contribution in [3.8, 4) is 0 Å². The fourth-order valence-electron chi connectivity index (χ4n) is 10.3. The molecular weight excluding hydrogens is 889 g/mol. The summed E-state index contributed by atoms with van der Waals surface area (Å²) in [5.74, 6) is 0.869. The molecule has 0 aromatic heterocycles. The van der Waals surface area contributed by atoms with Crippen LogP contribution in [0.3, 0.4) is 0 Å². The van der Waals surface area contributed by atoms with Gasteiger partial charge in [0.25, 0.3) is 0 Å². The summed E-state index contributed by atoms with van der Waals surface area (Å²) in [6, 6.07) is 0. The zero-order valence-corrected chi connectivity index (χ0v) is 49.6. The second-order valence-corrected chi connectivity index (χ2v) is 23.7. The molecule has 0 fully saturated rings. The number of unbranched alkanes of at least 4 members (excludes halogenated alkanes) is 45. The first kappa shape index (κ1) is 70.4. The predicted molar refractivity (Wildman–Crippen MR) is 312 cm³/mol. The average molecular weight is 1020 g/mol. The summed E-state index contributed by atoms with van der Waals surface area (Å²) >= 11 is 0. The summed E-state index contributed by atoms with van der Waals surface area (Å²) in [5, 5.41) is 0. The molecule has 0 heterocycles. The van der Waals surface area contributed by atoms with Crippen molar-refractivity contribution in [1.29, 1.82) is 0 Å². The van der Waals surface area contributed by atoms with Crippen molar-refractivity contribution in [3.05, 3.63) is 0 Å². The molecule has 0 unspecified atom stereocenters. The van der Waals surface area contributed by atoms with Gasteiger partial charge in [-0.25, -0.2) is 0 Å². The standard InChI is InChI=1S/C66H128O6/c1-6-7-8-9-10-11-12-13-14-15-16-21-28-33-38-43-48-53-58-66(69)72-63(60-71-65(68)57-52-47-42-37-32-27-23-22-25-30-35-40-45-50-55-62(4)5)59-70-64(67)56-51-46-41-36-31-26-20-18-17-19-24-29-34-39-44-49-54-61(2)3/h61-63H,6-60H2,1-5H3/t63-/m1/s1. The number of esters is 3. The minimum atomic E-state index is -0.764. The summed E-state index contributed by atoms with van der Waals surface area (Å²) in [4.78, 5) is 38.4. The van der Waals surface area contributed by atoms with E-state index in [0.717, 1.165) is 69.6 Å². The van der Waals surface area contributed by atoms with Crippen molar-refractivity contribution in [2.45, 2.75) is 381 Å². The van der Waals surface area contributed by atoms with Crippen LogP contribution in [-0.2, 0) is 28.6 Å². The molecule has 0 rings (SSSR count). The molecule has 0 aliphatic heterocycles. The number of carbonyl (C=O) groups excluding carboxylic acids is 3. The molecule has 0 aliphatic rings. The minimum Gasteiger partial charge on any atom is -0.462 e. The Morgan fingerprint density at radius 1 is 0.264 bits per heavy atom. The van der Waals surface area contributed by atoms with Crippen LogP contribution in [0.4, 0.5) is 0 Å². The van der Waals surface area contributed by atoms with Gasteiger partial charge in [0.15, 0.2) is 6.10 Å². The molecule has 0 amide bonds. The molecule has 0 bridgehead atoms. The van der Waals surface area contributed by atoms with E-state index in [4.69, 9.17) is 14.2 Å². The quantitative estimate of drug-likeness (QED) is 0.0343. The summed E-state index contributed by atoms with van der Waals surface area (Å²) in [6.45, 7) is 11.5. The van der Waals surface area contributed by atoms with E-state index in [1.54, 1.807) is 0 Å². The number of ether oxygens (including phenoxy) is 3. The number of hydrogen-bond donors (Lipinski definition) is 0. The van der Waals surface area contributed by atoms with Crippen LogP contribution in [0.2, 0.25) is 0 Å². The van der Waals surface area contributed by atoms with Crippen molar-refractivity contribution in [2.24, 2.45) is 11.8 Å². The Morgan fingerprint density at radius 2 is 0.458 bits per heavy atom. The first-order chi connectivity index (χ1) is 35.2. The fourth-order valence-corrected chi connectivity index (χ4v) is 10.3. The Kier molecular flexibility index (Phi) is 57.4. The van der Waals surface area contributed by atoms with E-state index >= 15 is 0 Å². The van der Waals surface area contributed by atoms with Crippen LogP contribution in [0.15, 0.2) is 0 Å². The Hall–Kier alpha value is -1.59. The lowest BCUT2D eigenvalue weighted by atomic mass is 10.0. The average Bonchev–Trinajstić information content (AvgIpc) is 3.36. The first-order valence-electron chi connectivity index (χ1n) is 32.7. The van der Waals surface area contributed by atoms with E-state index in [9.17, 15) is 14.4 Å². The van der Waals surface area contributed by atoms with Crippen molar-refractivity contribution in [2.75, 3.05) is 13.2 Å². The number of rotatable bonds is 60. The zero-order valence-electron chi connectivity index (χ0n) is 49.6. The highest BCUT2D eigenvalue weighted by atomic mass is 16.6. The van der Waals surface area contributed by atoms with E-state index in [0.29, 0.717) is 19.3 Å². The third kappa shape index (κ3) is 59.3. The van der Waals surface area contributed by atoms with Gasteiger partial charge in [-0.1, -0.05) is 336 Å². The third-order valence-electron chi connectivity index (χ3n) is 15.2. The molecule has 0 radical (unpaired) electrons. The van der Waals surface area contributed by atoms with Gasteiger partial charge in [-0.3, -0.25) is 14.4 Å². The molecule has 6 heteroatoms. The van der Waals surface area contributed by atoms with Crippen LogP contribution >= 0.6 is 0 Å². The maximum absolute atomic E-state index is 12.9. The highest BCUT2D eigenvalue weighted by molar-refractivity contribution is 5.71. The second-order valence-electron chi connectivity index (χ2n) is 23.7. The van der Waals surface area contributed by atoms with Crippen LogP contribution in [0, 0.1) is 11.8 Å². The smallest absolute Gasteiger partial charge is 0.306 e. The van der Waals surface area contributed by atoms with Gasteiger partial charge in [0.1, 0.15) is 13.2 Å². The summed E-state index contributed by atoms with van der Waals surface area (Å²) in [5.41, 5.74) is 0. The Morgan fingerprint density at radius 3 is 0.681 bits per heavy atom. The monoisotopic (exact) mass is 1020 g/mol. The van der Waals surface area contributed by atoms with E-state index in [1.807, 2.05) is 0 Å². The van der Waals surface area contributed by atoms with Crippen LogP contribution < -0.4 is 0 Å². The van der Waals surface area contributed by atoms with Gasteiger partial charge in [-0.15, -0.1) is 0 Å². The summed E-state index contributed by atoms with van der Waals surface area (Å²) < 4.78 is 17.0. The topological polar surface area (TPSA) is 78.9 Å². The van der Waals surface area contributed by atoms with Crippen molar-refractivity contribution < 1.29 is 28.6 Å². The van der Waals surface area contributed by atoms with Gasteiger partial charge in [0.05, 0.1) is 0 Å². The molecule has 1 atom stereocenters. The summed E-state index contributed by atoms with van der Waals surface area (Å²) in [7, 11) is 0. The molecule has 6 nitrogen and oxygen atoms in total. The Labute approximate surface area is 450 Å². The molecule has 0 aromatic carbocycles. The molecule has 0 saturated carbocycles. The normalized spacial score (nSPS) is 12.0. The van der Waals surface area contributed by atoms with Crippen LogP contribution in [0.25, 0.3) is 0 Å². The molecular formula is C66H128O6. The van der Waals surface area contributed by atoms with E-state index in [1.165, 1.54) is 263 Å². The van der Waals surface area contributed by atoms with Crippen LogP contribution in [0.5, 0.6) is 0 Å². The van der Waals surface area contributed by atoms with E-state index < -0.39 is 6.10 Å². The lowest BCUT2D eigenvalue weighted by Crippen LogP contribution is -2.30. The minimum absolute atomic E-state index is 0.0616. The maximum Gasteiger partial charge on any atom is 0.306 e. The van der Waals surface area contributed by atoms with Crippen molar-refractivity contribution in [1.82, 2.24) is 0 Å². The first-order valence-corrected chi connectivity index (χ1v) is 32.7. The van der Waals surface area contributed by atoms with Crippen molar-refractivity contribution >= 4 is 17.9 Å². The second kappa shape index (κ2) is 58.7. The zero-order chi connectivity index (χ0) is 52.5. The van der Waals surface area contributed by atoms with Crippen LogP contribution in [0.1, 0.15) is 375 Å². The highest BCUT2D eigenvalue weighted by Crippen LogP contribution is 2.19. The Bertz CT molecular complexity index is 1100.